The molecule has 1 heterocycles. The van der Waals surface area contributed by atoms with E-state index in [0.717, 1.165) is 6.54 Å². The number of hydrogen-bond donors (Lipinski definition) is 0. The normalized spacial score (nSPS) is 18.6. The Morgan fingerprint density at radius 2 is 1.35 bits per heavy atom. The molecule has 0 aromatic rings. The predicted molar refractivity (Wildman–Crippen MR) is 89.5 cm³/mol. The Hall–Kier alpha value is -0.660. The summed E-state index contributed by atoms with van der Waals surface area (Å²) in [4.78, 5) is 5.01. The zero-order chi connectivity index (χ0) is 14.8. The summed E-state index contributed by atoms with van der Waals surface area (Å²) >= 11 is 0. The summed E-state index contributed by atoms with van der Waals surface area (Å²) < 4.78 is 0. The summed E-state index contributed by atoms with van der Waals surface area (Å²) in [6, 6.07) is 0. The molecule has 0 N–H and O–H groups in total. The van der Waals surface area contributed by atoms with Gasteiger partial charge in [0.05, 0.1) is 0 Å². The fourth-order valence-corrected chi connectivity index (χ4v) is 3.23. The molecular weight excluding hydrogens is 244 g/mol. The van der Waals surface area contributed by atoms with Gasteiger partial charge in [-0.1, -0.05) is 65.7 Å². The van der Waals surface area contributed by atoms with Crippen molar-refractivity contribution in [3.8, 4) is 0 Å². The Bertz CT molecular complexity index is 260. The first kappa shape index (κ1) is 17.4. The van der Waals surface area contributed by atoms with Gasteiger partial charge in [0.2, 0.25) is 0 Å². The molecule has 1 aliphatic rings. The third kappa shape index (κ3) is 5.76. The number of rotatable bonds is 11. The Labute approximate surface area is 127 Å². The van der Waals surface area contributed by atoms with Crippen LogP contribution >= 0.6 is 0 Å². The molecule has 0 spiro atoms. The summed E-state index contributed by atoms with van der Waals surface area (Å²) in [5.41, 5.74) is 0. The van der Waals surface area contributed by atoms with E-state index in [1.54, 1.807) is 0 Å². The van der Waals surface area contributed by atoms with Crippen LogP contribution < -0.4 is 0 Å². The maximum Gasteiger partial charge on any atom is 0.103 e. The van der Waals surface area contributed by atoms with Gasteiger partial charge in [-0.3, -0.25) is 0 Å². The van der Waals surface area contributed by atoms with Gasteiger partial charge in [-0.2, -0.15) is 0 Å². The fraction of sp³-hybridized carbons (Fsp3) is 0.889. The van der Waals surface area contributed by atoms with Crippen LogP contribution in [0.5, 0.6) is 0 Å². The van der Waals surface area contributed by atoms with E-state index < -0.39 is 0 Å². The number of hydrogen-bond acceptors (Lipinski definition) is 2. The van der Waals surface area contributed by atoms with Crippen molar-refractivity contribution in [3.05, 3.63) is 12.4 Å². The Kier molecular flexibility index (Phi) is 8.80. The standard InChI is InChI=1S/C18H36N2/c1-5-7-8-9-10-11-12-13-14-20-16-15-19(6-2)18(20)17(3)4/h15-18H,5-14H2,1-4H3. The summed E-state index contributed by atoms with van der Waals surface area (Å²) in [6.07, 6.45) is 16.4. The van der Waals surface area contributed by atoms with Crippen molar-refractivity contribution in [2.75, 3.05) is 13.1 Å². The van der Waals surface area contributed by atoms with Gasteiger partial charge in [-0.15, -0.1) is 0 Å². The fourth-order valence-electron chi connectivity index (χ4n) is 3.23. The van der Waals surface area contributed by atoms with E-state index in [2.05, 4.69) is 49.9 Å². The maximum atomic E-state index is 2.55. The van der Waals surface area contributed by atoms with Gasteiger partial charge in [-0.05, 0) is 19.3 Å². The number of unbranched alkanes of at least 4 members (excludes halogenated alkanes) is 7. The predicted octanol–water partition coefficient (Wildman–Crippen LogP) is 5.22. The van der Waals surface area contributed by atoms with Crippen molar-refractivity contribution in [1.29, 1.82) is 0 Å². The smallest absolute Gasteiger partial charge is 0.103 e. The van der Waals surface area contributed by atoms with Gasteiger partial charge in [0, 0.05) is 25.5 Å². The van der Waals surface area contributed by atoms with Crippen LogP contribution in [0.3, 0.4) is 0 Å². The molecule has 2 nitrogen and oxygen atoms in total. The van der Waals surface area contributed by atoms with Gasteiger partial charge >= 0.3 is 0 Å². The lowest BCUT2D eigenvalue weighted by Crippen LogP contribution is -2.42. The van der Waals surface area contributed by atoms with Gasteiger partial charge in [0.15, 0.2) is 0 Å². The van der Waals surface area contributed by atoms with Crippen LogP contribution in [0.15, 0.2) is 12.4 Å². The second-order valence-corrected chi connectivity index (χ2v) is 6.50. The van der Waals surface area contributed by atoms with E-state index in [9.17, 15) is 0 Å². The van der Waals surface area contributed by atoms with Crippen LogP contribution in [-0.2, 0) is 0 Å². The third-order valence-electron chi connectivity index (χ3n) is 4.36. The van der Waals surface area contributed by atoms with Crippen LogP contribution in [0.1, 0.15) is 79.1 Å². The Balaban J connectivity index is 2.11. The molecular formula is C18H36N2. The second kappa shape index (κ2) is 10.1. The van der Waals surface area contributed by atoms with Gasteiger partial charge in [-0.25, -0.2) is 0 Å². The SMILES string of the molecule is CCCCCCCCCCN1C=CN(CC)C1C(C)C. The zero-order valence-corrected chi connectivity index (χ0v) is 14.3. The summed E-state index contributed by atoms with van der Waals surface area (Å²) in [6.45, 7) is 11.5. The first-order chi connectivity index (χ1) is 9.70. The largest absolute Gasteiger partial charge is 0.356 e. The monoisotopic (exact) mass is 280 g/mol. The molecule has 0 aromatic carbocycles. The van der Waals surface area contributed by atoms with Gasteiger partial charge in [0.25, 0.3) is 0 Å². The Morgan fingerprint density at radius 1 is 0.800 bits per heavy atom. The average Bonchev–Trinajstić information content (AvgIpc) is 2.85. The van der Waals surface area contributed by atoms with E-state index in [4.69, 9.17) is 0 Å². The maximum absolute atomic E-state index is 2.55. The molecule has 2 heteroatoms. The van der Waals surface area contributed by atoms with E-state index in [-0.39, 0.29) is 0 Å². The molecule has 20 heavy (non-hydrogen) atoms. The molecule has 0 saturated carbocycles. The van der Waals surface area contributed by atoms with Crippen LogP contribution in [0.2, 0.25) is 0 Å². The second-order valence-electron chi connectivity index (χ2n) is 6.50. The molecule has 0 bridgehead atoms. The molecule has 0 aromatic heterocycles. The van der Waals surface area contributed by atoms with Crippen molar-refractivity contribution >= 4 is 0 Å². The summed E-state index contributed by atoms with van der Waals surface area (Å²) in [5.74, 6) is 0.694. The van der Waals surface area contributed by atoms with Crippen molar-refractivity contribution < 1.29 is 0 Å². The van der Waals surface area contributed by atoms with E-state index >= 15 is 0 Å². The first-order valence-electron chi connectivity index (χ1n) is 8.90. The molecule has 1 rings (SSSR count). The topological polar surface area (TPSA) is 6.48 Å². The minimum absolute atomic E-state index is 0.588. The highest BCUT2D eigenvalue weighted by molar-refractivity contribution is 4.97. The van der Waals surface area contributed by atoms with Crippen LogP contribution in [0, 0.1) is 5.92 Å². The van der Waals surface area contributed by atoms with E-state index in [1.807, 2.05) is 0 Å². The molecule has 1 atom stereocenters. The minimum atomic E-state index is 0.588. The lowest BCUT2D eigenvalue weighted by Gasteiger charge is -2.35. The van der Waals surface area contributed by atoms with Crippen LogP contribution in [-0.4, -0.2) is 29.1 Å². The highest BCUT2D eigenvalue weighted by atomic mass is 15.4. The minimum Gasteiger partial charge on any atom is -0.356 e. The quantitative estimate of drug-likeness (QED) is 0.479. The van der Waals surface area contributed by atoms with Gasteiger partial charge < -0.3 is 9.80 Å². The molecule has 0 amide bonds. The molecule has 1 aliphatic heterocycles. The summed E-state index contributed by atoms with van der Waals surface area (Å²) in [7, 11) is 0. The van der Waals surface area contributed by atoms with Crippen molar-refractivity contribution in [3.63, 3.8) is 0 Å². The van der Waals surface area contributed by atoms with Crippen molar-refractivity contribution in [2.45, 2.75) is 85.2 Å². The molecule has 118 valence electrons. The highest BCUT2D eigenvalue weighted by Gasteiger charge is 2.27. The molecule has 0 fully saturated rings. The van der Waals surface area contributed by atoms with Crippen molar-refractivity contribution in [1.82, 2.24) is 9.80 Å². The first-order valence-corrected chi connectivity index (χ1v) is 8.90. The van der Waals surface area contributed by atoms with E-state index in [0.29, 0.717) is 12.1 Å². The lowest BCUT2D eigenvalue weighted by atomic mass is 10.1. The third-order valence-corrected chi connectivity index (χ3v) is 4.36. The zero-order valence-electron chi connectivity index (χ0n) is 14.3. The number of nitrogens with zero attached hydrogens (tertiary/aromatic N) is 2. The van der Waals surface area contributed by atoms with Gasteiger partial charge in [0.1, 0.15) is 6.17 Å². The van der Waals surface area contributed by atoms with Crippen LogP contribution in [0.4, 0.5) is 0 Å². The highest BCUT2D eigenvalue weighted by Crippen LogP contribution is 2.23. The molecule has 1 unspecified atom stereocenters. The Morgan fingerprint density at radius 3 is 1.90 bits per heavy atom. The van der Waals surface area contributed by atoms with E-state index in [1.165, 1.54) is 57.9 Å². The summed E-state index contributed by atoms with van der Waals surface area (Å²) in [5, 5.41) is 0. The van der Waals surface area contributed by atoms with Crippen LogP contribution in [0.25, 0.3) is 0 Å². The molecule has 0 aliphatic carbocycles. The van der Waals surface area contributed by atoms with Crippen molar-refractivity contribution in [2.24, 2.45) is 5.92 Å². The lowest BCUT2D eigenvalue weighted by molar-refractivity contribution is 0.110. The molecule has 0 saturated heterocycles. The molecule has 0 radical (unpaired) electrons. The average molecular weight is 281 g/mol.